The number of aromatic amines is 1. The second-order valence-corrected chi connectivity index (χ2v) is 9.60. The van der Waals surface area contributed by atoms with E-state index in [1.165, 1.54) is 31.1 Å². The predicted molar refractivity (Wildman–Crippen MR) is 112 cm³/mol. The van der Waals surface area contributed by atoms with Crippen molar-refractivity contribution >= 4 is 49.6 Å². The first-order valence-corrected chi connectivity index (χ1v) is 10.6. The monoisotopic (exact) mass is 498 g/mol. The highest BCUT2D eigenvalue weighted by atomic mass is 127. The van der Waals surface area contributed by atoms with Gasteiger partial charge in [-0.1, -0.05) is 12.1 Å². The van der Waals surface area contributed by atoms with Gasteiger partial charge >= 0.3 is 0 Å². The fourth-order valence-corrected chi connectivity index (χ4v) is 4.12. The Balaban J connectivity index is 1.88. The highest BCUT2D eigenvalue weighted by Gasteiger charge is 2.22. The van der Waals surface area contributed by atoms with E-state index in [1.807, 2.05) is 46.9 Å². The molecule has 0 bridgehead atoms. The first-order valence-electron chi connectivity index (χ1n) is 8.11. The zero-order valence-corrected chi connectivity index (χ0v) is 18.1. The molecule has 0 saturated carbocycles. The molecule has 3 aromatic rings. The molecule has 1 aromatic heterocycles. The zero-order chi connectivity index (χ0) is 19.8. The number of halogens is 1. The molecular formula is C18H19IN4O3S. The van der Waals surface area contributed by atoms with Crippen molar-refractivity contribution in [3.63, 3.8) is 0 Å². The van der Waals surface area contributed by atoms with Crippen LogP contribution in [0.25, 0.3) is 11.0 Å². The van der Waals surface area contributed by atoms with Gasteiger partial charge in [0.1, 0.15) is 5.82 Å². The van der Waals surface area contributed by atoms with Crippen LogP contribution in [-0.4, -0.2) is 54.6 Å². The third kappa shape index (κ3) is 3.99. The maximum absolute atomic E-state index is 12.9. The second kappa shape index (κ2) is 7.56. The van der Waals surface area contributed by atoms with Crippen LogP contribution in [0.2, 0.25) is 0 Å². The van der Waals surface area contributed by atoms with E-state index in [4.69, 9.17) is 0 Å². The number of hydrogen-bond donors (Lipinski definition) is 1. The summed E-state index contributed by atoms with van der Waals surface area (Å²) in [5, 5.41) is 0. The van der Waals surface area contributed by atoms with E-state index in [-0.39, 0.29) is 17.3 Å². The molecule has 0 aliphatic heterocycles. The van der Waals surface area contributed by atoms with Crippen molar-refractivity contribution in [2.45, 2.75) is 11.4 Å². The van der Waals surface area contributed by atoms with E-state index in [1.54, 1.807) is 13.1 Å². The van der Waals surface area contributed by atoms with Crippen LogP contribution in [0.15, 0.2) is 47.4 Å². The third-order valence-electron chi connectivity index (χ3n) is 4.12. The van der Waals surface area contributed by atoms with Crippen LogP contribution in [0.5, 0.6) is 0 Å². The molecule has 0 radical (unpaired) electrons. The molecule has 3 rings (SSSR count). The van der Waals surface area contributed by atoms with Crippen molar-refractivity contribution in [2.75, 3.05) is 21.1 Å². The summed E-state index contributed by atoms with van der Waals surface area (Å²) in [5.74, 6) is 0.398. The number of para-hydroxylation sites is 2. The summed E-state index contributed by atoms with van der Waals surface area (Å²) in [6.07, 6.45) is 0. The lowest BCUT2D eigenvalue weighted by Gasteiger charge is -2.18. The topological polar surface area (TPSA) is 86.4 Å². The van der Waals surface area contributed by atoms with Gasteiger partial charge in [0.05, 0.1) is 28.0 Å². The summed E-state index contributed by atoms with van der Waals surface area (Å²) in [6, 6.07) is 12.2. The highest BCUT2D eigenvalue weighted by Crippen LogP contribution is 2.22. The number of nitrogens with zero attached hydrogens (tertiary/aromatic N) is 3. The van der Waals surface area contributed by atoms with Crippen molar-refractivity contribution in [1.82, 2.24) is 19.2 Å². The molecule has 142 valence electrons. The molecule has 0 fully saturated rings. The summed E-state index contributed by atoms with van der Waals surface area (Å²) in [5.41, 5.74) is 2.08. The molecule has 0 atom stereocenters. The number of rotatable bonds is 5. The van der Waals surface area contributed by atoms with Gasteiger partial charge in [-0.3, -0.25) is 4.79 Å². The molecular weight excluding hydrogens is 479 g/mol. The molecule has 9 heteroatoms. The molecule has 0 saturated heterocycles. The van der Waals surface area contributed by atoms with Gasteiger partial charge in [0.25, 0.3) is 5.91 Å². The average Bonchev–Trinajstić information content (AvgIpc) is 3.03. The normalized spacial score (nSPS) is 11.9. The van der Waals surface area contributed by atoms with Crippen LogP contribution in [0, 0.1) is 3.57 Å². The molecule has 1 N–H and O–H groups in total. The number of carbonyl (C=O) groups excluding carboxylic acids is 1. The fraction of sp³-hybridized carbons (Fsp3) is 0.222. The maximum atomic E-state index is 12.9. The Morgan fingerprint density at radius 2 is 1.85 bits per heavy atom. The number of sulfonamides is 1. The SMILES string of the molecule is CN(Cc1nc2ccccc2[nH]1)C(=O)c1cc(S(=O)(=O)N(C)C)ccc1I. The van der Waals surface area contributed by atoms with Gasteiger partial charge in [0, 0.05) is 24.7 Å². The number of fused-ring (bicyclic) bond motifs is 1. The summed E-state index contributed by atoms with van der Waals surface area (Å²) in [6.45, 7) is 0.286. The number of H-pyrrole nitrogens is 1. The first-order chi connectivity index (χ1) is 12.7. The van der Waals surface area contributed by atoms with Crippen LogP contribution >= 0.6 is 22.6 Å². The van der Waals surface area contributed by atoms with Gasteiger partial charge in [-0.15, -0.1) is 0 Å². The summed E-state index contributed by atoms with van der Waals surface area (Å²) in [7, 11) is 0.976. The minimum absolute atomic E-state index is 0.0911. The molecule has 2 aromatic carbocycles. The van der Waals surface area contributed by atoms with Gasteiger partial charge in [0.2, 0.25) is 10.0 Å². The fourth-order valence-electron chi connectivity index (χ4n) is 2.62. The first kappa shape index (κ1) is 19.8. The molecule has 27 heavy (non-hydrogen) atoms. The quantitative estimate of drug-likeness (QED) is 0.549. The van der Waals surface area contributed by atoms with E-state index >= 15 is 0 Å². The van der Waals surface area contributed by atoms with Crippen molar-refractivity contribution in [3.05, 3.63) is 57.4 Å². The van der Waals surface area contributed by atoms with Crippen LogP contribution in [-0.2, 0) is 16.6 Å². The molecule has 7 nitrogen and oxygen atoms in total. The molecule has 1 heterocycles. The number of hydrogen-bond acceptors (Lipinski definition) is 4. The van der Waals surface area contributed by atoms with Gasteiger partial charge in [-0.05, 0) is 52.9 Å². The van der Waals surface area contributed by atoms with Gasteiger partial charge < -0.3 is 9.88 Å². The van der Waals surface area contributed by atoms with E-state index in [9.17, 15) is 13.2 Å². The standard InChI is InChI=1S/C18H19IN4O3S/c1-22(2)27(25,26)12-8-9-14(19)13(10-12)18(24)23(3)11-17-20-15-6-4-5-7-16(15)21-17/h4-10H,11H2,1-3H3,(H,20,21). The van der Waals surface area contributed by atoms with Crippen LogP contribution in [0.4, 0.5) is 0 Å². The minimum atomic E-state index is -3.61. The van der Waals surface area contributed by atoms with E-state index < -0.39 is 10.0 Å². The Morgan fingerprint density at radius 3 is 2.52 bits per heavy atom. The largest absolute Gasteiger partial charge is 0.340 e. The number of aromatic nitrogens is 2. The summed E-state index contributed by atoms with van der Waals surface area (Å²) in [4.78, 5) is 22.2. The van der Waals surface area contributed by atoms with Crippen molar-refractivity contribution in [2.24, 2.45) is 0 Å². The Hall–Kier alpha value is -1.98. The minimum Gasteiger partial charge on any atom is -0.340 e. The molecule has 0 aliphatic carbocycles. The summed E-state index contributed by atoms with van der Waals surface area (Å²) < 4.78 is 26.5. The van der Waals surface area contributed by atoms with Crippen LogP contribution in [0.1, 0.15) is 16.2 Å². The third-order valence-corrected chi connectivity index (χ3v) is 6.87. The van der Waals surface area contributed by atoms with E-state index in [0.717, 1.165) is 15.3 Å². The lowest BCUT2D eigenvalue weighted by molar-refractivity contribution is 0.0780. The Bertz CT molecular complexity index is 1080. The average molecular weight is 498 g/mol. The van der Waals surface area contributed by atoms with Crippen molar-refractivity contribution < 1.29 is 13.2 Å². The number of benzene rings is 2. The van der Waals surface area contributed by atoms with Crippen molar-refractivity contribution in [3.8, 4) is 0 Å². The van der Waals surface area contributed by atoms with Gasteiger partial charge in [0.15, 0.2) is 0 Å². The maximum Gasteiger partial charge on any atom is 0.255 e. The van der Waals surface area contributed by atoms with Gasteiger partial charge in [-0.25, -0.2) is 17.7 Å². The highest BCUT2D eigenvalue weighted by molar-refractivity contribution is 14.1. The van der Waals surface area contributed by atoms with E-state index in [0.29, 0.717) is 15.0 Å². The van der Waals surface area contributed by atoms with E-state index in [2.05, 4.69) is 9.97 Å². The second-order valence-electron chi connectivity index (χ2n) is 6.29. The Kier molecular flexibility index (Phi) is 5.54. The number of carbonyl (C=O) groups is 1. The van der Waals surface area contributed by atoms with Crippen LogP contribution in [0.3, 0.4) is 0 Å². The smallest absolute Gasteiger partial charge is 0.255 e. The number of imidazole rings is 1. The molecule has 0 unspecified atom stereocenters. The lowest BCUT2D eigenvalue weighted by Crippen LogP contribution is -2.28. The molecule has 1 amide bonds. The van der Waals surface area contributed by atoms with Gasteiger partial charge in [-0.2, -0.15) is 0 Å². The number of nitrogens with one attached hydrogen (secondary N) is 1. The Morgan fingerprint density at radius 1 is 1.15 bits per heavy atom. The lowest BCUT2D eigenvalue weighted by atomic mass is 10.2. The van der Waals surface area contributed by atoms with Crippen molar-refractivity contribution in [1.29, 1.82) is 0 Å². The molecule has 0 aliphatic rings. The number of amides is 1. The summed E-state index contributed by atoms with van der Waals surface area (Å²) >= 11 is 2.03. The Labute approximate surface area is 171 Å². The zero-order valence-electron chi connectivity index (χ0n) is 15.1. The molecule has 0 spiro atoms. The predicted octanol–water partition coefficient (Wildman–Crippen LogP) is 2.69. The van der Waals surface area contributed by atoms with Crippen LogP contribution < -0.4 is 0 Å².